The Labute approximate surface area is 145 Å². The van der Waals surface area contributed by atoms with Gasteiger partial charge < -0.3 is 10.3 Å². The van der Waals surface area contributed by atoms with Gasteiger partial charge in [0.25, 0.3) is 5.91 Å². The average molecular weight is 358 g/mol. The molecule has 0 unspecified atom stereocenters. The molecule has 0 saturated heterocycles. The average Bonchev–Trinajstić information content (AvgIpc) is 3.04. The Morgan fingerprint density at radius 2 is 2.00 bits per heavy atom. The molecular formula is C17H18N4O3S. The fourth-order valence-corrected chi connectivity index (χ4v) is 3.21. The summed E-state index contributed by atoms with van der Waals surface area (Å²) in [5.74, 6) is -0.142. The number of carbonyl (C=O) groups is 1. The van der Waals surface area contributed by atoms with E-state index < -0.39 is 10.0 Å². The van der Waals surface area contributed by atoms with Crippen LogP contribution in [0.1, 0.15) is 15.9 Å². The third-order valence-electron chi connectivity index (χ3n) is 3.89. The lowest BCUT2D eigenvalue weighted by molar-refractivity contribution is 0.0954. The molecular weight excluding hydrogens is 340 g/mol. The van der Waals surface area contributed by atoms with Crippen LogP contribution >= 0.6 is 0 Å². The number of nitrogens with zero attached hydrogens (tertiary/aromatic N) is 1. The van der Waals surface area contributed by atoms with E-state index in [1.807, 2.05) is 18.2 Å². The summed E-state index contributed by atoms with van der Waals surface area (Å²) < 4.78 is 26.1. The van der Waals surface area contributed by atoms with E-state index in [2.05, 4.69) is 20.0 Å². The van der Waals surface area contributed by atoms with Crippen molar-refractivity contribution in [2.75, 3.05) is 13.6 Å². The molecule has 1 amide bonds. The Hall–Kier alpha value is -2.71. The molecule has 0 saturated carbocycles. The number of hydrogen-bond donors (Lipinski definition) is 3. The van der Waals surface area contributed by atoms with Crippen LogP contribution < -0.4 is 10.0 Å². The van der Waals surface area contributed by atoms with Crippen molar-refractivity contribution in [3.63, 3.8) is 0 Å². The Kier molecular flexibility index (Phi) is 4.82. The van der Waals surface area contributed by atoms with Gasteiger partial charge in [-0.2, -0.15) is 0 Å². The molecule has 0 aliphatic rings. The van der Waals surface area contributed by atoms with Crippen molar-refractivity contribution < 1.29 is 13.2 Å². The topological polar surface area (TPSA) is 104 Å². The lowest BCUT2D eigenvalue weighted by Gasteiger charge is -2.05. The minimum absolute atomic E-state index is 0.108. The molecule has 2 aromatic heterocycles. The maximum Gasteiger partial charge on any atom is 0.251 e. The number of sulfonamides is 1. The van der Waals surface area contributed by atoms with Crippen molar-refractivity contribution in [1.82, 2.24) is 20.0 Å². The van der Waals surface area contributed by atoms with Crippen molar-refractivity contribution in [2.45, 2.75) is 11.3 Å². The van der Waals surface area contributed by atoms with Gasteiger partial charge in [0.15, 0.2) is 0 Å². The first kappa shape index (κ1) is 17.1. The van der Waals surface area contributed by atoms with Crippen LogP contribution in [0.2, 0.25) is 0 Å². The number of hydrogen-bond acceptors (Lipinski definition) is 4. The van der Waals surface area contributed by atoms with Crippen LogP contribution in [0.4, 0.5) is 0 Å². The number of amides is 1. The van der Waals surface area contributed by atoms with Gasteiger partial charge in [-0.25, -0.2) is 18.1 Å². The first-order valence-corrected chi connectivity index (χ1v) is 9.22. The van der Waals surface area contributed by atoms with Crippen molar-refractivity contribution in [1.29, 1.82) is 0 Å². The third-order valence-corrected chi connectivity index (χ3v) is 5.27. The molecule has 25 heavy (non-hydrogen) atoms. The second kappa shape index (κ2) is 7.04. The lowest BCUT2D eigenvalue weighted by atomic mass is 10.1. The smallest absolute Gasteiger partial charge is 0.251 e. The maximum atomic E-state index is 12.0. The highest BCUT2D eigenvalue weighted by atomic mass is 32.2. The van der Waals surface area contributed by atoms with E-state index in [1.54, 1.807) is 24.4 Å². The summed E-state index contributed by atoms with van der Waals surface area (Å²) in [7, 11) is -2.19. The summed E-state index contributed by atoms with van der Waals surface area (Å²) in [6, 6.07) is 10.6. The van der Waals surface area contributed by atoms with Crippen LogP contribution in [0.15, 0.2) is 53.7 Å². The predicted octanol–water partition coefficient (Wildman–Crippen LogP) is 1.44. The van der Waals surface area contributed by atoms with Crippen LogP contribution in [0, 0.1) is 0 Å². The highest BCUT2D eigenvalue weighted by Gasteiger charge is 2.15. The zero-order valence-corrected chi connectivity index (χ0v) is 14.4. The zero-order valence-electron chi connectivity index (χ0n) is 13.6. The third kappa shape index (κ3) is 3.70. The summed E-state index contributed by atoms with van der Waals surface area (Å²) in [5, 5.41) is 3.58. The number of fused-ring (bicyclic) bond motifs is 1. The molecule has 0 aliphatic heterocycles. The van der Waals surface area contributed by atoms with Crippen LogP contribution in [-0.4, -0.2) is 37.9 Å². The summed E-state index contributed by atoms with van der Waals surface area (Å²) >= 11 is 0. The summed E-state index contributed by atoms with van der Waals surface area (Å²) in [5.41, 5.74) is 2.11. The largest absolute Gasteiger partial charge is 0.352 e. The molecule has 0 spiro atoms. The number of pyridine rings is 1. The molecule has 0 radical (unpaired) electrons. The van der Waals surface area contributed by atoms with Crippen molar-refractivity contribution in [2.24, 2.45) is 0 Å². The highest BCUT2D eigenvalue weighted by Crippen LogP contribution is 2.20. The Balaban J connectivity index is 1.73. The molecule has 0 atom stereocenters. The van der Waals surface area contributed by atoms with E-state index in [4.69, 9.17) is 0 Å². The number of carbonyl (C=O) groups excluding carboxylic acids is 1. The Bertz CT molecular complexity index is 997. The van der Waals surface area contributed by atoms with Gasteiger partial charge in [0, 0.05) is 29.9 Å². The molecule has 0 fully saturated rings. The molecule has 3 N–H and O–H groups in total. The van der Waals surface area contributed by atoms with Gasteiger partial charge in [0.1, 0.15) is 10.5 Å². The number of aromatic amines is 1. The van der Waals surface area contributed by atoms with E-state index >= 15 is 0 Å². The second-order valence-corrected chi connectivity index (χ2v) is 7.35. The van der Waals surface area contributed by atoms with Crippen LogP contribution in [0.25, 0.3) is 11.0 Å². The standard InChI is InChI=1S/C17H18N4O3S/c1-18-25(23,24)14-9-15-13(10-20-16(15)21-11-14)7-8-19-17(22)12-5-3-2-4-6-12/h2-6,9-11,18H,7-8H2,1H3,(H,19,22)(H,20,21). The molecule has 2 heterocycles. The van der Waals surface area contributed by atoms with Crippen molar-refractivity contribution in [3.8, 4) is 0 Å². The van der Waals surface area contributed by atoms with Gasteiger partial charge in [-0.3, -0.25) is 4.79 Å². The van der Waals surface area contributed by atoms with Gasteiger partial charge in [0.05, 0.1) is 0 Å². The van der Waals surface area contributed by atoms with Gasteiger partial charge in [-0.15, -0.1) is 0 Å². The quantitative estimate of drug-likeness (QED) is 0.620. The van der Waals surface area contributed by atoms with Crippen LogP contribution in [0.5, 0.6) is 0 Å². The Morgan fingerprint density at radius 3 is 2.72 bits per heavy atom. The molecule has 0 aliphatic carbocycles. The minimum Gasteiger partial charge on any atom is -0.352 e. The molecule has 3 aromatic rings. The van der Waals surface area contributed by atoms with E-state index in [1.165, 1.54) is 13.2 Å². The SMILES string of the molecule is CNS(=O)(=O)c1cnc2[nH]cc(CCNC(=O)c3ccccc3)c2c1. The fourth-order valence-electron chi connectivity index (χ4n) is 2.51. The summed E-state index contributed by atoms with van der Waals surface area (Å²) in [4.78, 5) is 19.3. The monoisotopic (exact) mass is 358 g/mol. The number of H-pyrrole nitrogens is 1. The number of benzene rings is 1. The van der Waals surface area contributed by atoms with Gasteiger partial charge in [-0.1, -0.05) is 18.2 Å². The van der Waals surface area contributed by atoms with E-state index in [0.29, 0.717) is 24.2 Å². The van der Waals surface area contributed by atoms with Crippen molar-refractivity contribution >= 4 is 27.0 Å². The molecule has 130 valence electrons. The van der Waals surface area contributed by atoms with E-state index in [0.717, 1.165) is 10.9 Å². The molecule has 3 rings (SSSR count). The normalized spacial score (nSPS) is 11.6. The lowest BCUT2D eigenvalue weighted by Crippen LogP contribution is -2.25. The van der Waals surface area contributed by atoms with Crippen molar-refractivity contribution in [3.05, 3.63) is 59.9 Å². The number of aromatic nitrogens is 2. The molecule has 8 heteroatoms. The zero-order chi connectivity index (χ0) is 17.9. The second-order valence-electron chi connectivity index (χ2n) is 5.46. The fraction of sp³-hybridized carbons (Fsp3) is 0.176. The van der Waals surface area contributed by atoms with Gasteiger partial charge >= 0.3 is 0 Å². The molecule has 0 bridgehead atoms. The first-order chi connectivity index (χ1) is 12.0. The minimum atomic E-state index is -3.55. The van der Waals surface area contributed by atoms with E-state index in [-0.39, 0.29) is 10.8 Å². The number of rotatable bonds is 6. The summed E-state index contributed by atoms with van der Waals surface area (Å²) in [6.45, 7) is 0.434. The summed E-state index contributed by atoms with van der Waals surface area (Å²) in [6.07, 6.45) is 3.65. The number of nitrogens with one attached hydrogen (secondary N) is 3. The first-order valence-electron chi connectivity index (χ1n) is 7.74. The van der Waals surface area contributed by atoms with Gasteiger partial charge in [-0.05, 0) is 37.2 Å². The molecule has 1 aromatic carbocycles. The predicted molar refractivity (Wildman–Crippen MR) is 94.8 cm³/mol. The maximum absolute atomic E-state index is 12.0. The van der Waals surface area contributed by atoms with E-state index in [9.17, 15) is 13.2 Å². The van der Waals surface area contributed by atoms with Gasteiger partial charge in [0.2, 0.25) is 10.0 Å². The van der Waals surface area contributed by atoms with Crippen LogP contribution in [-0.2, 0) is 16.4 Å². The Morgan fingerprint density at radius 1 is 1.24 bits per heavy atom. The highest BCUT2D eigenvalue weighted by molar-refractivity contribution is 7.89. The molecule has 7 nitrogen and oxygen atoms in total. The van der Waals surface area contributed by atoms with Crippen LogP contribution in [0.3, 0.4) is 0 Å².